The maximum Gasteiger partial charge on any atom is 0.269 e. The lowest BCUT2D eigenvalue weighted by atomic mass is 10.2. The van der Waals surface area contributed by atoms with Crippen molar-refractivity contribution in [3.05, 3.63) is 22.6 Å². The van der Waals surface area contributed by atoms with E-state index in [0.29, 0.717) is 18.2 Å². The average molecular weight is 252 g/mol. The Kier molecular flexibility index (Phi) is 5.35. The van der Waals surface area contributed by atoms with Gasteiger partial charge in [-0.2, -0.15) is 5.10 Å². The third-order valence-electron chi connectivity index (χ3n) is 2.25. The number of hydrogen-bond donors (Lipinski definition) is 2. The van der Waals surface area contributed by atoms with E-state index in [0.717, 1.165) is 11.2 Å². The van der Waals surface area contributed by atoms with E-state index in [-0.39, 0.29) is 18.0 Å². The lowest BCUT2D eigenvalue weighted by molar-refractivity contribution is -0.121. The van der Waals surface area contributed by atoms with Gasteiger partial charge >= 0.3 is 0 Å². The number of carbonyl (C=O) groups is 1. The number of anilines is 1. The number of aromatic nitrogens is 2. The zero-order valence-corrected chi connectivity index (χ0v) is 11.1. The van der Waals surface area contributed by atoms with E-state index in [9.17, 15) is 9.59 Å². The zero-order chi connectivity index (χ0) is 13.5. The van der Waals surface area contributed by atoms with Gasteiger partial charge in [0, 0.05) is 19.2 Å². The van der Waals surface area contributed by atoms with Gasteiger partial charge in [-0.3, -0.25) is 9.59 Å². The van der Waals surface area contributed by atoms with Crippen molar-refractivity contribution in [2.45, 2.75) is 27.3 Å². The molecule has 2 N–H and O–H groups in total. The van der Waals surface area contributed by atoms with Gasteiger partial charge < -0.3 is 10.6 Å². The van der Waals surface area contributed by atoms with Gasteiger partial charge in [0.05, 0.1) is 11.9 Å². The molecule has 0 unspecified atom stereocenters. The smallest absolute Gasteiger partial charge is 0.269 e. The highest BCUT2D eigenvalue weighted by Gasteiger charge is 2.05. The van der Waals surface area contributed by atoms with Crippen molar-refractivity contribution in [2.24, 2.45) is 5.92 Å². The summed E-state index contributed by atoms with van der Waals surface area (Å²) in [6.07, 6.45) is 1.56. The van der Waals surface area contributed by atoms with E-state index >= 15 is 0 Å². The lowest BCUT2D eigenvalue weighted by Gasteiger charge is -2.09. The van der Waals surface area contributed by atoms with Gasteiger partial charge in [-0.05, 0) is 12.8 Å². The summed E-state index contributed by atoms with van der Waals surface area (Å²) < 4.78 is 1.14. The molecule has 0 bridgehead atoms. The molecule has 6 heteroatoms. The van der Waals surface area contributed by atoms with Crippen LogP contribution in [0.25, 0.3) is 0 Å². The molecule has 0 aliphatic carbocycles. The van der Waals surface area contributed by atoms with Crippen LogP contribution in [0.4, 0.5) is 5.69 Å². The monoisotopic (exact) mass is 252 g/mol. The van der Waals surface area contributed by atoms with Gasteiger partial charge in [-0.25, -0.2) is 4.68 Å². The van der Waals surface area contributed by atoms with E-state index < -0.39 is 0 Å². The Bertz CT molecular complexity index is 454. The molecular formula is C12H20N4O2. The standard InChI is InChI=1S/C12H20N4O2/c1-4-13-11(17)8-16-12(18)5-10(7-15-16)14-6-9(2)3/h5,7,9,14H,4,6,8H2,1-3H3,(H,13,17). The number of likely N-dealkylation sites (N-methyl/N-ethyl adjacent to an activating group) is 1. The number of rotatable bonds is 6. The van der Waals surface area contributed by atoms with Crippen LogP contribution in [-0.4, -0.2) is 28.8 Å². The lowest BCUT2D eigenvalue weighted by Crippen LogP contribution is -2.33. The molecule has 0 aliphatic heterocycles. The molecule has 0 aliphatic rings. The van der Waals surface area contributed by atoms with Crippen molar-refractivity contribution in [3.8, 4) is 0 Å². The molecule has 0 spiro atoms. The maximum absolute atomic E-state index is 11.7. The van der Waals surface area contributed by atoms with Crippen molar-refractivity contribution < 1.29 is 4.79 Å². The molecule has 1 heterocycles. The quantitative estimate of drug-likeness (QED) is 0.770. The minimum atomic E-state index is -0.282. The summed E-state index contributed by atoms with van der Waals surface area (Å²) >= 11 is 0. The number of nitrogens with one attached hydrogen (secondary N) is 2. The first kappa shape index (κ1) is 14.2. The van der Waals surface area contributed by atoms with Crippen LogP contribution in [0.5, 0.6) is 0 Å². The highest BCUT2D eigenvalue weighted by molar-refractivity contribution is 5.75. The van der Waals surface area contributed by atoms with E-state index in [1.807, 2.05) is 6.92 Å². The summed E-state index contributed by atoms with van der Waals surface area (Å²) in [5.74, 6) is 0.276. The molecule has 1 rings (SSSR count). The minimum absolute atomic E-state index is 0.0445. The molecular weight excluding hydrogens is 232 g/mol. The van der Waals surface area contributed by atoms with Gasteiger partial charge in [0.15, 0.2) is 0 Å². The maximum atomic E-state index is 11.7. The molecule has 0 radical (unpaired) electrons. The SMILES string of the molecule is CCNC(=O)Cn1ncc(NCC(C)C)cc1=O. The van der Waals surface area contributed by atoms with E-state index in [1.54, 1.807) is 6.20 Å². The molecule has 0 aromatic carbocycles. The number of hydrogen-bond acceptors (Lipinski definition) is 4. The Hall–Kier alpha value is -1.85. The third kappa shape index (κ3) is 4.57. The Morgan fingerprint density at radius 2 is 2.22 bits per heavy atom. The van der Waals surface area contributed by atoms with Crippen LogP contribution < -0.4 is 16.2 Å². The number of amides is 1. The normalized spacial score (nSPS) is 10.4. The number of carbonyl (C=O) groups excluding carboxylic acids is 1. The Morgan fingerprint density at radius 3 is 2.78 bits per heavy atom. The summed E-state index contributed by atoms with van der Waals surface area (Å²) in [4.78, 5) is 23.0. The topological polar surface area (TPSA) is 76.0 Å². The largest absolute Gasteiger partial charge is 0.383 e. The van der Waals surface area contributed by atoms with Gasteiger partial charge in [-0.1, -0.05) is 13.8 Å². The molecule has 0 fully saturated rings. The van der Waals surface area contributed by atoms with E-state index in [2.05, 4.69) is 29.6 Å². The average Bonchev–Trinajstić information content (AvgIpc) is 2.30. The predicted molar refractivity (Wildman–Crippen MR) is 70.5 cm³/mol. The Balaban J connectivity index is 2.68. The highest BCUT2D eigenvalue weighted by Crippen LogP contribution is 2.01. The summed E-state index contributed by atoms with van der Waals surface area (Å²) in [6.45, 7) is 7.26. The molecule has 1 amide bonds. The van der Waals surface area contributed by atoms with Crippen LogP contribution >= 0.6 is 0 Å². The highest BCUT2D eigenvalue weighted by atomic mass is 16.2. The molecule has 1 aromatic rings. The predicted octanol–water partition coefficient (Wildman–Crippen LogP) is 0.447. The molecule has 0 saturated heterocycles. The van der Waals surface area contributed by atoms with Gasteiger partial charge in [0.25, 0.3) is 5.56 Å². The van der Waals surface area contributed by atoms with Crippen LogP contribution in [-0.2, 0) is 11.3 Å². The number of nitrogens with zero attached hydrogens (tertiary/aromatic N) is 2. The van der Waals surface area contributed by atoms with Crippen molar-refractivity contribution in [3.63, 3.8) is 0 Å². The van der Waals surface area contributed by atoms with Crippen LogP contribution in [0.2, 0.25) is 0 Å². The minimum Gasteiger partial charge on any atom is -0.383 e. The molecule has 18 heavy (non-hydrogen) atoms. The fourth-order valence-corrected chi connectivity index (χ4v) is 1.36. The molecule has 1 aromatic heterocycles. The van der Waals surface area contributed by atoms with Crippen LogP contribution in [0, 0.1) is 5.92 Å². The summed E-state index contributed by atoms with van der Waals surface area (Å²) in [5.41, 5.74) is 0.399. The second-order valence-corrected chi connectivity index (χ2v) is 4.47. The summed E-state index contributed by atoms with van der Waals surface area (Å²) in [6, 6.07) is 1.45. The first-order chi connectivity index (χ1) is 8.52. The van der Waals surface area contributed by atoms with Crippen molar-refractivity contribution in [1.29, 1.82) is 0 Å². The van der Waals surface area contributed by atoms with Gasteiger partial charge in [0.2, 0.25) is 5.91 Å². The molecule has 100 valence electrons. The first-order valence-electron chi connectivity index (χ1n) is 6.10. The molecule has 6 nitrogen and oxygen atoms in total. The fourth-order valence-electron chi connectivity index (χ4n) is 1.36. The van der Waals surface area contributed by atoms with Crippen molar-refractivity contribution in [1.82, 2.24) is 15.1 Å². The molecule has 0 atom stereocenters. The van der Waals surface area contributed by atoms with Gasteiger partial charge in [0.1, 0.15) is 6.54 Å². The van der Waals surface area contributed by atoms with Crippen molar-refractivity contribution in [2.75, 3.05) is 18.4 Å². The van der Waals surface area contributed by atoms with E-state index in [1.165, 1.54) is 6.07 Å². The fraction of sp³-hybridized carbons (Fsp3) is 0.583. The molecule has 0 saturated carbocycles. The van der Waals surface area contributed by atoms with Gasteiger partial charge in [-0.15, -0.1) is 0 Å². The summed E-state index contributed by atoms with van der Waals surface area (Å²) in [5, 5.41) is 9.70. The summed E-state index contributed by atoms with van der Waals surface area (Å²) in [7, 11) is 0. The first-order valence-corrected chi connectivity index (χ1v) is 6.10. The second kappa shape index (κ2) is 6.78. The zero-order valence-electron chi connectivity index (χ0n) is 11.1. The third-order valence-corrected chi connectivity index (χ3v) is 2.25. The Morgan fingerprint density at radius 1 is 1.50 bits per heavy atom. The second-order valence-electron chi connectivity index (χ2n) is 4.47. The van der Waals surface area contributed by atoms with Crippen LogP contribution in [0.1, 0.15) is 20.8 Å². The Labute approximate surface area is 106 Å². The van der Waals surface area contributed by atoms with E-state index in [4.69, 9.17) is 0 Å². The van der Waals surface area contributed by atoms with Crippen LogP contribution in [0.15, 0.2) is 17.1 Å². The van der Waals surface area contributed by atoms with Crippen molar-refractivity contribution >= 4 is 11.6 Å². The van der Waals surface area contributed by atoms with Crippen LogP contribution in [0.3, 0.4) is 0 Å².